The highest BCUT2D eigenvalue weighted by molar-refractivity contribution is 7.99. The van der Waals surface area contributed by atoms with Crippen molar-refractivity contribution in [3.63, 3.8) is 0 Å². The summed E-state index contributed by atoms with van der Waals surface area (Å²) in [6, 6.07) is 0. The molecule has 0 aromatic rings. The number of carbonyl (C=O) groups excluding carboxylic acids is 1. The molecule has 0 heterocycles. The first-order chi connectivity index (χ1) is 9.76. The van der Waals surface area contributed by atoms with Crippen LogP contribution in [-0.2, 0) is 9.53 Å². The van der Waals surface area contributed by atoms with Crippen molar-refractivity contribution in [2.75, 3.05) is 12.4 Å². The fourth-order valence-electron chi connectivity index (χ4n) is 1.72. The third-order valence-electron chi connectivity index (χ3n) is 3.04. The van der Waals surface area contributed by atoms with E-state index in [-0.39, 0.29) is 17.6 Å². The van der Waals surface area contributed by atoms with Crippen LogP contribution in [0, 0.1) is 5.92 Å². The van der Waals surface area contributed by atoms with E-state index in [9.17, 15) is 18.0 Å². The van der Waals surface area contributed by atoms with E-state index in [0.29, 0.717) is 25.4 Å². The maximum atomic E-state index is 12.0. The lowest BCUT2D eigenvalue weighted by Gasteiger charge is -2.20. The van der Waals surface area contributed by atoms with Gasteiger partial charge in [0, 0.05) is 18.1 Å². The number of hydrogen-bond acceptors (Lipinski definition) is 3. The van der Waals surface area contributed by atoms with Gasteiger partial charge in [0.25, 0.3) is 0 Å². The third kappa shape index (κ3) is 13.0. The molecule has 0 N–H and O–H groups in total. The van der Waals surface area contributed by atoms with Crippen LogP contribution in [0.2, 0.25) is 0 Å². The number of ether oxygens (including phenoxy) is 1. The Bertz CT molecular complexity index is 281. The lowest BCUT2D eigenvalue weighted by atomic mass is 10.1. The Morgan fingerprint density at radius 2 is 1.86 bits per heavy atom. The number of thioether (sulfide) groups is 1. The molecular formula is C15H27F3O2S. The Balaban J connectivity index is 3.77. The Labute approximate surface area is 130 Å². The van der Waals surface area contributed by atoms with Crippen molar-refractivity contribution in [1.29, 1.82) is 0 Å². The van der Waals surface area contributed by atoms with E-state index in [1.165, 1.54) is 0 Å². The highest BCUT2D eigenvalue weighted by Gasteiger charge is 2.25. The number of rotatable bonds is 11. The van der Waals surface area contributed by atoms with Crippen LogP contribution < -0.4 is 0 Å². The van der Waals surface area contributed by atoms with E-state index in [4.69, 9.17) is 4.74 Å². The van der Waals surface area contributed by atoms with Gasteiger partial charge in [0.05, 0.1) is 0 Å². The van der Waals surface area contributed by atoms with Crippen LogP contribution in [0.5, 0.6) is 0 Å². The molecule has 0 aliphatic carbocycles. The minimum Gasteiger partial charge on any atom is -0.464 e. The largest absolute Gasteiger partial charge is 0.464 e. The predicted molar refractivity (Wildman–Crippen MR) is 81.5 cm³/mol. The van der Waals surface area contributed by atoms with Crippen molar-refractivity contribution < 1.29 is 22.7 Å². The number of halogens is 3. The average molecular weight is 328 g/mol. The van der Waals surface area contributed by atoms with Gasteiger partial charge in [-0.3, -0.25) is 4.79 Å². The van der Waals surface area contributed by atoms with E-state index >= 15 is 0 Å². The summed E-state index contributed by atoms with van der Waals surface area (Å²) in [6.45, 7) is 6.45. The molecule has 0 aromatic carbocycles. The SMILES string of the molecule is CCCC(=O)OCC(SCCCCCC(F)(F)F)C(C)C. The zero-order chi connectivity index (χ0) is 16.3. The molecular weight excluding hydrogens is 301 g/mol. The molecule has 0 saturated carbocycles. The van der Waals surface area contributed by atoms with Gasteiger partial charge in [-0.1, -0.05) is 27.2 Å². The Hall–Kier alpha value is -0.390. The number of carbonyl (C=O) groups is 1. The molecule has 126 valence electrons. The molecule has 1 atom stereocenters. The second-order valence-electron chi connectivity index (χ2n) is 5.51. The van der Waals surface area contributed by atoms with Crippen molar-refractivity contribution in [3.8, 4) is 0 Å². The van der Waals surface area contributed by atoms with Gasteiger partial charge >= 0.3 is 12.1 Å². The van der Waals surface area contributed by atoms with Crippen LogP contribution in [-0.4, -0.2) is 29.8 Å². The maximum Gasteiger partial charge on any atom is 0.389 e. The number of alkyl halides is 3. The minimum absolute atomic E-state index is 0.172. The topological polar surface area (TPSA) is 26.3 Å². The summed E-state index contributed by atoms with van der Waals surface area (Å²) in [5.41, 5.74) is 0. The zero-order valence-electron chi connectivity index (χ0n) is 13.2. The van der Waals surface area contributed by atoms with Crippen molar-refractivity contribution in [1.82, 2.24) is 0 Å². The Kier molecular flexibility index (Phi) is 11.0. The first-order valence-electron chi connectivity index (χ1n) is 7.60. The number of hydrogen-bond donors (Lipinski definition) is 0. The van der Waals surface area contributed by atoms with Crippen LogP contribution >= 0.6 is 11.8 Å². The van der Waals surface area contributed by atoms with Crippen molar-refractivity contribution >= 4 is 17.7 Å². The molecule has 0 radical (unpaired) electrons. The fraction of sp³-hybridized carbons (Fsp3) is 0.933. The smallest absolute Gasteiger partial charge is 0.389 e. The molecule has 0 spiro atoms. The maximum absolute atomic E-state index is 12.0. The molecule has 2 nitrogen and oxygen atoms in total. The lowest BCUT2D eigenvalue weighted by Crippen LogP contribution is -2.21. The summed E-state index contributed by atoms with van der Waals surface area (Å²) in [4.78, 5) is 11.3. The van der Waals surface area contributed by atoms with E-state index in [1.807, 2.05) is 6.92 Å². The van der Waals surface area contributed by atoms with E-state index < -0.39 is 12.6 Å². The van der Waals surface area contributed by atoms with Crippen LogP contribution in [0.15, 0.2) is 0 Å². The molecule has 0 rings (SSSR count). The summed E-state index contributed by atoms with van der Waals surface area (Å²) in [6.07, 6.45) is -1.97. The molecule has 0 bridgehead atoms. The van der Waals surface area contributed by atoms with Gasteiger partial charge in [-0.05, 0) is 30.9 Å². The molecule has 0 aliphatic rings. The van der Waals surface area contributed by atoms with Crippen molar-refractivity contribution in [2.45, 2.75) is 70.7 Å². The third-order valence-corrected chi connectivity index (χ3v) is 4.68. The number of unbranched alkanes of at least 4 members (excludes halogenated alkanes) is 2. The second-order valence-corrected chi connectivity index (χ2v) is 6.86. The predicted octanol–water partition coefficient (Wildman–Crippen LogP) is 5.21. The standard InChI is InChI=1S/C15H27F3O2S/c1-4-8-14(19)20-11-13(12(2)3)21-10-7-5-6-9-15(16,17)18/h12-13H,4-11H2,1-3H3. The molecule has 6 heteroatoms. The van der Waals surface area contributed by atoms with Gasteiger partial charge in [-0.2, -0.15) is 24.9 Å². The van der Waals surface area contributed by atoms with E-state index in [0.717, 1.165) is 18.6 Å². The summed E-state index contributed by atoms with van der Waals surface area (Å²) in [5, 5.41) is 0.216. The van der Waals surface area contributed by atoms with Crippen LogP contribution in [0.3, 0.4) is 0 Å². The van der Waals surface area contributed by atoms with E-state index in [2.05, 4.69) is 13.8 Å². The first kappa shape index (κ1) is 20.6. The van der Waals surface area contributed by atoms with Gasteiger partial charge < -0.3 is 4.74 Å². The van der Waals surface area contributed by atoms with Gasteiger partial charge in [0.15, 0.2) is 0 Å². The van der Waals surface area contributed by atoms with Crippen molar-refractivity contribution in [2.24, 2.45) is 5.92 Å². The van der Waals surface area contributed by atoms with E-state index in [1.54, 1.807) is 11.8 Å². The Morgan fingerprint density at radius 3 is 2.38 bits per heavy atom. The summed E-state index contributed by atoms with van der Waals surface area (Å²) < 4.78 is 41.2. The van der Waals surface area contributed by atoms with Crippen LogP contribution in [0.25, 0.3) is 0 Å². The Morgan fingerprint density at radius 1 is 1.19 bits per heavy atom. The number of esters is 1. The highest BCUT2D eigenvalue weighted by Crippen LogP contribution is 2.25. The normalized spacial score (nSPS) is 13.5. The van der Waals surface area contributed by atoms with Crippen molar-refractivity contribution in [3.05, 3.63) is 0 Å². The summed E-state index contributed by atoms with van der Waals surface area (Å²) in [7, 11) is 0. The van der Waals surface area contributed by atoms with Crippen LogP contribution in [0.1, 0.15) is 59.3 Å². The zero-order valence-corrected chi connectivity index (χ0v) is 14.0. The van der Waals surface area contributed by atoms with Gasteiger partial charge in [-0.15, -0.1) is 0 Å². The monoisotopic (exact) mass is 328 g/mol. The summed E-state index contributed by atoms with van der Waals surface area (Å²) >= 11 is 1.69. The lowest BCUT2D eigenvalue weighted by molar-refractivity contribution is -0.143. The van der Waals surface area contributed by atoms with Crippen LogP contribution in [0.4, 0.5) is 13.2 Å². The average Bonchev–Trinajstić information content (AvgIpc) is 2.35. The minimum atomic E-state index is -4.04. The summed E-state index contributed by atoms with van der Waals surface area (Å²) in [5.74, 6) is 1.01. The molecule has 1 unspecified atom stereocenters. The molecule has 21 heavy (non-hydrogen) atoms. The quantitative estimate of drug-likeness (QED) is 0.385. The fourth-order valence-corrected chi connectivity index (χ4v) is 2.95. The highest BCUT2D eigenvalue weighted by atomic mass is 32.2. The first-order valence-corrected chi connectivity index (χ1v) is 8.65. The van der Waals surface area contributed by atoms with Gasteiger partial charge in [0.1, 0.15) is 6.61 Å². The molecule has 0 aliphatic heterocycles. The molecule has 0 aromatic heterocycles. The second kappa shape index (κ2) is 11.2. The van der Waals surface area contributed by atoms with Gasteiger partial charge in [0.2, 0.25) is 0 Å². The molecule has 0 fully saturated rings. The molecule has 0 saturated heterocycles. The van der Waals surface area contributed by atoms with Gasteiger partial charge in [-0.25, -0.2) is 0 Å². The molecule has 0 amide bonds.